The topological polar surface area (TPSA) is 137 Å². The van der Waals surface area contributed by atoms with E-state index < -0.39 is 35.2 Å². The van der Waals surface area contributed by atoms with Crippen LogP contribution in [0.4, 0.5) is 4.79 Å². The van der Waals surface area contributed by atoms with E-state index in [4.69, 9.17) is 0 Å². The molecule has 4 N–H and O–H groups in total. The lowest BCUT2D eigenvalue weighted by atomic mass is 9.80. The molecule has 0 aromatic heterocycles. The summed E-state index contributed by atoms with van der Waals surface area (Å²) in [6.45, 7) is 4.69. The van der Waals surface area contributed by atoms with Gasteiger partial charge in [0, 0.05) is 18.8 Å². The molecule has 5 amide bonds. The van der Waals surface area contributed by atoms with Gasteiger partial charge in [0.1, 0.15) is 11.6 Å². The third kappa shape index (κ3) is 6.43. The Bertz CT molecular complexity index is 793. The van der Waals surface area contributed by atoms with Crippen LogP contribution in [-0.4, -0.2) is 76.8 Å². The number of urea groups is 1. The van der Waals surface area contributed by atoms with Crippen LogP contribution in [0, 0.1) is 5.92 Å². The van der Waals surface area contributed by atoms with Crippen LogP contribution in [0.1, 0.15) is 65.2 Å². The van der Waals surface area contributed by atoms with Gasteiger partial charge in [0.15, 0.2) is 0 Å². The van der Waals surface area contributed by atoms with E-state index >= 15 is 0 Å². The highest BCUT2D eigenvalue weighted by molar-refractivity contribution is 7.99. The fourth-order valence-electron chi connectivity index (χ4n) is 4.68. The summed E-state index contributed by atoms with van der Waals surface area (Å²) in [6.07, 6.45) is 5.58. The molecule has 3 rings (SSSR count). The van der Waals surface area contributed by atoms with Crippen LogP contribution in [0.3, 0.4) is 0 Å². The maximum absolute atomic E-state index is 13.5. The van der Waals surface area contributed by atoms with Gasteiger partial charge in [0.2, 0.25) is 17.6 Å². The molecule has 2 saturated heterocycles. The second-order valence-electron chi connectivity index (χ2n) is 9.75. The van der Waals surface area contributed by atoms with Crippen molar-refractivity contribution in [2.45, 2.75) is 82.8 Å². The number of nitrogens with zero attached hydrogens (tertiary/aromatic N) is 1. The number of hydrogen-bond acceptors (Lipinski definition) is 6. The van der Waals surface area contributed by atoms with Crippen LogP contribution in [0.15, 0.2) is 0 Å². The van der Waals surface area contributed by atoms with Crippen molar-refractivity contribution in [2.75, 3.05) is 24.7 Å². The Morgan fingerprint density at radius 2 is 1.82 bits per heavy atom. The van der Waals surface area contributed by atoms with E-state index in [1.165, 1.54) is 0 Å². The molecular formula is C23H37N5O5S. The molecular weight excluding hydrogens is 458 g/mol. The Balaban J connectivity index is 1.69. The molecule has 34 heavy (non-hydrogen) atoms. The molecule has 2 heterocycles. The van der Waals surface area contributed by atoms with E-state index in [0.717, 1.165) is 37.9 Å². The van der Waals surface area contributed by atoms with Gasteiger partial charge >= 0.3 is 6.03 Å². The number of Topliss-reactive ketones (excluding diaryl/α,β-unsaturated/α-hetero) is 1. The zero-order valence-corrected chi connectivity index (χ0v) is 20.9. The number of hydrogen-bond donors (Lipinski definition) is 4. The van der Waals surface area contributed by atoms with Crippen molar-refractivity contribution in [2.24, 2.45) is 5.92 Å². The number of ketones is 1. The second-order valence-corrected chi connectivity index (χ2v) is 10.8. The van der Waals surface area contributed by atoms with E-state index in [-0.39, 0.29) is 17.9 Å². The summed E-state index contributed by atoms with van der Waals surface area (Å²) >= 11 is 1.66. The molecule has 0 bridgehead atoms. The summed E-state index contributed by atoms with van der Waals surface area (Å²) in [5, 5.41) is 11.0. The van der Waals surface area contributed by atoms with Crippen molar-refractivity contribution < 1.29 is 24.0 Å². The van der Waals surface area contributed by atoms with Gasteiger partial charge in [-0.05, 0) is 38.0 Å². The number of carbonyl (C=O) groups is 5. The SMILES string of the molecule is CC(C)[C@H](NC(=O)C1(NC(=O)N2CCSC2)CCCCC1)C(=O)C(=O)N[C@H]1CCCCNC1=O. The zero-order chi connectivity index (χ0) is 24.7. The molecule has 10 nitrogen and oxygen atoms in total. The highest BCUT2D eigenvalue weighted by Gasteiger charge is 2.44. The van der Waals surface area contributed by atoms with Crippen molar-refractivity contribution in [1.29, 1.82) is 0 Å². The van der Waals surface area contributed by atoms with Crippen molar-refractivity contribution in [3.05, 3.63) is 0 Å². The van der Waals surface area contributed by atoms with Crippen LogP contribution < -0.4 is 21.3 Å². The number of rotatable bonds is 7. The molecule has 0 aromatic rings. The van der Waals surface area contributed by atoms with E-state index in [0.29, 0.717) is 38.2 Å². The standard InChI is InChI=1S/C23H37N5O5S/c1-15(2)17(18(29)20(31)25-16-8-4-7-11-24-19(16)30)26-21(32)23(9-5-3-6-10-23)27-22(33)28-12-13-34-14-28/h15-17H,3-14H2,1-2H3,(H,24,30)(H,25,31)(H,26,32)(H,27,33)/t16-,17-/m0/s1. The average molecular weight is 496 g/mol. The Hall–Kier alpha value is -2.30. The first-order valence-electron chi connectivity index (χ1n) is 12.3. The van der Waals surface area contributed by atoms with Crippen LogP contribution in [0.2, 0.25) is 0 Å². The number of nitrogens with one attached hydrogen (secondary N) is 4. The van der Waals surface area contributed by atoms with Crippen LogP contribution in [0.25, 0.3) is 0 Å². The maximum Gasteiger partial charge on any atom is 0.318 e. The summed E-state index contributed by atoms with van der Waals surface area (Å²) in [4.78, 5) is 65.9. The molecule has 11 heteroatoms. The highest BCUT2D eigenvalue weighted by atomic mass is 32.2. The average Bonchev–Trinajstić information content (AvgIpc) is 3.29. The Morgan fingerprint density at radius 1 is 1.09 bits per heavy atom. The molecule has 2 atom stereocenters. The van der Waals surface area contributed by atoms with Crippen molar-refractivity contribution in [3.8, 4) is 0 Å². The first-order chi connectivity index (χ1) is 16.2. The molecule has 1 aliphatic carbocycles. The highest BCUT2D eigenvalue weighted by Crippen LogP contribution is 2.30. The van der Waals surface area contributed by atoms with Crippen LogP contribution in [-0.2, 0) is 19.2 Å². The largest absolute Gasteiger partial charge is 0.354 e. The van der Waals surface area contributed by atoms with Gasteiger partial charge in [-0.15, -0.1) is 11.8 Å². The smallest absolute Gasteiger partial charge is 0.318 e. The van der Waals surface area contributed by atoms with Gasteiger partial charge < -0.3 is 26.2 Å². The molecule has 0 unspecified atom stereocenters. The summed E-state index contributed by atoms with van der Waals surface area (Å²) in [7, 11) is 0. The molecule has 2 aliphatic heterocycles. The van der Waals surface area contributed by atoms with E-state index in [1.54, 1.807) is 30.5 Å². The Labute approximate surface area is 205 Å². The predicted octanol–water partition coefficient (Wildman–Crippen LogP) is 0.900. The lowest BCUT2D eigenvalue weighted by Gasteiger charge is -2.38. The van der Waals surface area contributed by atoms with Gasteiger partial charge in [0.25, 0.3) is 5.91 Å². The monoisotopic (exact) mass is 495 g/mol. The maximum atomic E-state index is 13.5. The molecule has 0 aromatic carbocycles. The van der Waals surface area contributed by atoms with E-state index in [9.17, 15) is 24.0 Å². The van der Waals surface area contributed by atoms with E-state index in [2.05, 4.69) is 21.3 Å². The van der Waals surface area contributed by atoms with Gasteiger partial charge in [-0.3, -0.25) is 19.2 Å². The first kappa shape index (κ1) is 26.3. The number of amides is 5. The Morgan fingerprint density at radius 3 is 2.47 bits per heavy atom. The third-order valence-electron chi connectivity index (χ3n) is 6.83. The van der Waals surface area contributed by atoms with Crippen LogP contribution >= 0.6 is 11.8 Å². The second kappa shape index (κ2) is 11.9. The van der Waals surface area contributed by atoms with Gasteiger partial charge in [0.05, 0.1) is 11.9 Å². The minimum atomic E-state index is -1.10. The quantitative estimate of drug-likeness (QED) is 0.388. The normalized spacial score (nSPS) is 23.4. The first-order valence-corrected chi connectivity index (χ1v) is 13.5. The minimum Gasteiger partial charge on any atom is -0.354 e. The van der Waals surface area contributed by atoms with Crippen molar-refractivity contribution in [1.82, 2.24) is 26.2 Å². The zero-order valence-electron chi connectivity index (χ0n) is 20.1. The summed E-state index contributed by atoms with van der Waals surface area (Å²) in [6, 6.07) is -2.09. The Kier molecular flexibility index (Phi) is 9.21. The molecule has 3 fully saturated rings. The number of thioether (sulfide) groups is 1. The summed E-state index contributed by atoms with van der Waals surface area (Å²) < 4.78 is 0. The van der Waals surface area contributed by atoms with Gasteiger partial charge in [-0.25, -0.2) is 4.79 Å². The molecule has 0 spiro atoms. The fourth-order valence-corrected chi connectivity index (χ4v) is 5.63. The van der Waals surface area contributed by atoms with Crippen molar-refractivity contribution in [3.63, 3.8) is 0 Å². The lowest BCUT2D eigenvalue weighted by molar-refractivity contribution is -0.143. The molecule has 3 aliphatic rings. The third-order valence-corrected chi connectivity index (χ3v) is 7.79. The number of carbonyl (C=O) groups excluding carboxylic acids is 5. The molecule has 190 valence electrons. The lowest BCUT2D eigenvalue weighted by Crippen LogP contribution is -2.64. The summed E-state index contributed by atoms with van der Waals surface area (Å²) in [5.74, 6) is -1.29. The summed E-state index contributed by atoms with van der Waals surface area (Å²) in [5.41, 5.74) is -1.10. The fraction of sp³-hybridized carbons (Fsp3) is 0.783. The van der Waals surface area contributed by atoms with Crippen LogP contribution in [0.5, 0.6) is 0 Å². The van der Waals surface area contributed by atoms with Gasteiger partial charge in [-0.1, -0.05) is 33.1 Å². The van der Waals surface area contributed by atoms with Gasteiger partial charge in [-0.2, -0.15) is 0 Å². The molecule has 1 saturated carbocycles. The van der Waals surface area contributed by atoms with E-state index in [1.807, 2.05) is 0 Å². The predicted molar refractivity (Wildman–Crippen MR) is 129 cm³/mol. The van der Waals surface area contributed by atoms with Crippen molar-refractivity contribution >= 4 is 41.3 Å². The minimum absolute atomic E-state index is 0.272. The molecule has 0 radical (unpaired) electrons.